The number of methoxy groups -OCH3 is 1. The van der Waals surface area contributed by atoms with Gasteiger partial charge in [-0.25, -0.2) is 8.78 Å². The number of benzene rings is 1. The van der Waals surface area contributed by atoms with E-state index in [0.717, 1.165) is 6.20 Å². The molecule has 5 heteroatoms. The predicted octanol–water partition coefficient (Wildman–Crippen LogP) is 3.01. The molecule has 1 heterocycles. The van der Waals surface area contributed by atoms with Gasteiger partial charge in [0.15, 0.2) is 0 Å². The molecule has 1 aromatic carbocycles. The maximum Gasteiger partial charge on any atom is 0.141 e. The van der Waals surface area contributed by atoms with Crippen molar-refractivity contribution >= 4 is 0 Å². The van der Waals surface area contributed by atoms with Gasteiger partial charge in [-0.2, -0.15) is 0 Å². The lowest BCUT2D eigenvalue weighted by atomic mass is 9.87. The van der Waals surface area contributed by atoms with Crippen molar-refractivity contribution in [3.05, 3.63) is 59.4 Å². The van der Waals surface area contributed by atoms with Crippen LogP contribution in [0.5, 0.6) is 5.75 Å². The van der Waals surface area contributed by atoms with Gasteiger partial charge in [0.05, 0.1) is 19.0 Å². The van der Waals surface area contributed by atoms with E-state index in [0.29, 0.717) is 5.75 Å². The maximum atomic E-state index is 14.1. The molecular weight excluding hydrogens is 264 g/mol. The van der Waals surface area contributed by atoms with Crippen molar-refractivity contribution in [1.82, 2.24) is 4.98 Å². The summed E-state index contributed by atoms with van der Waals surface area (Å²) in [5.74, 6) is -0.751. The molecule has 1 atom stereocenters. The number of nitrogens with zero attached hydrogens (tertiary/aromatic N) is 1. The van der Waals surface area contributed by atoms with Crippen molar-refractivity contribution < 1.29 is 18.6 Å². The molecule has 0 amide bonds. The van der Waals surface area contributed by atoms with Gasteiger partial charge in [-0.15, -0.1) is 0 Å². The lowest BCUT2D eigenvalue weighted by Gasteiger charge is -2.27. The lowest BCUT2D eigenvalue weighted by molar-refractivity contribution is 0.0678. The van der Waals surface area contributed by atoms with Crippen LogP contribution in [0.3, 0.4) is 0 Å². The number of ether oxygens (including phenoxy) is 1. The van der Waals surface area contributed by atoms with Gasteiger partial charge in [-0.3, -0.25) is 4.98 Å². The summed E-state index contributed by atoms with van der Waals surface area (Å²) >= 11 is 0. The van der Waals surface area contributed by atoms with Crippen molar-refractivity contribution in [1.29, 1.82) is 0 Å². The fourth-order valence-electron chi connectivity index (χ4n) is 2.09. The third-order valence-electron chi connectivity index (χ3n) is 3.28. The first kappa shape index (κ1) is 14.4. The SMILES string of the molecule is CCC(O)(c1ccc(F)cn1)c1ccc(OC)cc1F. The van der Waals surface area contributed by atoms with E-state index in [4.69, 9.17) is 4.74 Å². The monoisotopic (exact) mass is 279 g/mol. The number of rotatable bonds is 4. The second-order valence-electron chi connectivity index (χ2n) is 4.42. The summed E-state index contributed by atoms with van der Waals surface area (Å²) < 4.78 is 32.0. The number of pyridine rings is 1. The molecule has 0 bridgehead atoms. The van der Waals surface area contributed by atoms with Crippen LogP contribution in [0.15, 0.2) is 36.5 Å². The Labute approximate surface area is 115 Å². The molecule has 0 fully saturated rings. The molecule has 106 valence electrons. The molecule has 20 heavy (non-hydrogen) atoms. The van der Waals surface area contributed by atoms with E-state index in [1.165, 1.54) is 31.4 Å². The van der Waals surface area contributed by atoms with Crippen LogP contribution in [0.1, 0.15) is 24.6 Å². The van der Waals surface area contributed by atoms with E-state index in [9.17, 15) is 13.9 Å². The molecule has 0 aliphatic heterocycles. The summed E-state index contributed by atoms with van der Waals surface area (Å²) in [6, 6.07) is 6.73. The van der Waals surface area contributed by atoms with E-state index in [1.807, 2.05) is 0 Å². The second-order valence-corrected chi connectivity index (χ2v) is 4.42. The highest BCUT2D eigenvalue weighted by Crippen LogP contribution is 2.34. The van der Waals surface area contributed by atoms with Crippen molar-refractivity contribution in [2.24, 2.45) is 0 Å². The Hall–Kier alpha value is -2.01. The largest absolute Gasteiger partial charge is 0.497 e. The standard InChI is InChI=1S/C15H15F2NO2/c1-3-15(19,14-7-4-10(16)9-18-14)12-6-5-11(20-2)8-13(12)17/h4-9,19H,3H2,1-2H3. The summed E-state index contributed by atoms with van der Waals surface area (Å²) in [4.78, 5) is 3.86. The van der Waals surface area contributed by atoms with Crippen LogP contribution in [0, 0.1) is 11.6 Å². The molecule has 0 saturated heterocycles. The lowest BCUT2D eigenvalue weighted by Crippen LogP contribution is -2.29. The minimum absolute atomic E-state index is 0.0832. The van der Waals surface area contributed by atoms with Crippen LogP contribution in [-0.4, -0.2) is 17.2 Å². The number of halogens is 2. The highest BCUT2D eigenvalue weighted by atomic mass is 19.1. The van der Waals surface area contributed by atoms with Crippen LogP contribution in [0.2, 0.25) is 0 Å². The number of hydrogen-bond acceptors (Lipinski definition) is 3. The van der Waals surface area contributed by atoms with Crippen molar-refractivity contribution in [2.75, 3.05) is 7.11 Å². The Balaban J connectivity index is 2.52. The molecular formula is C15H15F2NO2. The van der Waals surface area contributed by atoms with E-state index >= 15 is 0 Å². The Morgan fingerprint density at radius 1 is 1.25 bits per heavy atom. The zero-order valence-corrected chi connectivity index (χ0v) is 11.2. The third-order valence-corrected chi connectivity index (χ3v) is 3.28. The minimum atomic E-state index is -1.61. The van der Waals surface area contributed by atoms with Gasteiger partial charge < -0.3 is 9.84 Å². The van der Waals surface area contributed by atoms with E-state index < -0.39 is 17.2 Å². The van der Waals surface area contributed by atoms with Crippen LogP contribution in [0.4, 0.5) is 8.78 Å². The van der Waals surface area contributed by atoms with Crippen LogP contribution >= 0.6 is 0 Å². The molecule has 0 saturated carbocycles. The highest BCUT2D eigenvalue weighted by Gasteiger charge is 2.34. The molecule has 2 aromatic rings. The third kappa shape index (κ3) is 2.49. The molecule has 1 unspecified atom stereocenters. The zero-order chi connectivity index (χ0) is 14.8. The summed E-state index contributed by atoms with van der Waals surface area (Å²) in [6.07, 6.45) is 1.20. The zero-order valence-electron chi connectivity index (χ0n) is 11.2. The van der Waals surface area contributed by atoms with Gasteiger partial charge in [0.2, 0.25) is 0 Å². The van der Waals surface area contributed by atoms with Crippen molar-refractivity contribution in [3.63, 3.8) is 0 Å². The second kappa shape index (κ2) is 5.54. The van der Waals surface area contributed by atoms with Gasteiger partial charge in [-0.05, 0) is 30.7 Å². The maximum absolute atomic E-state index is 14.1. The fraction of sp³-hybridized carbons (Fsp3) is 0.267. The average Bonchev–Trinajstić information content (AvgIpc) is 2.47. The van der Waals surface area contributed by atoms with Crippen molar-refractivity contribution in [2.45, 2.75) is 18.9 Å². The molecule has 2 rings (SSSR count). The molecule has 0 aliphatic carbocycles. The predicted molar refractivity (Wildman–Crippen MR) is 70.4 cm³/mol. The normalized spacial score (nSPS) is 13.8. The topological polar surface area (TPSA) is 42.4 Å². The quantitative estimate of drug-likeness (QED) is 0.935. The Kier molecular flexibility index (Phi) is 3.99. The Morgan fingerprint density at radius 3 is 2.50 bits per heavy atom. The Morgan fingerprint density at radius 2 is 2.00 bits per heavy atom. The molecule has 1 N–H and O–H groups in total. The first-order valence-electron chi connectivity index (χ1n) is 6.19. The smallest absolute Gasteiger partial charge is 0.141 e. The molecule has 0 radical (unpaired) electrons. The number of aliphatic hydroxyl groups is 1. The van der Waals surface area contributed by atoms with Crippen molar-refractivity contribution in [3.8, 4) is 5.75 Å². The van der Waals surface area contributed by atoms with E-state index in [1.54, 1.807) is 13.0 Å². The van der Waals surface area contributed by atoms with E-state index in [2.05, 4.69) is 4.98 Å². The summed E-state index contributed by atoms with van der Waals surface area (Å²) in [5, 5.41) is 10.7. The molecule has 0 spiro atoms. The first-order chi connectivity index (χ1) is 9.51. The van der Waals surface area contributed by atoms with E-state index in [-0.39, 0.29) is 17.7 Å². The van der Waals surface area contributed by atoms with Gasteiger partial charge >= 0.3 is 0 Å². The summed E-state index contributed by atoms with van der Waals surface area (Å²) in [6.45, 7) is 1.70. The molecule has 1 aromatic heterocycles. The number of aromatic nitrogens is 1. The summed E-state index contributed by atoms with van der Waals surface area (Å²) in [5.41, 5.74) is -1.32. The minimum Gasteiger partial charge on any atom is -0.497 e. The van der Waals surface area contributed by atoms with Crippen LogP contribution in [0.25, 0.3) is 0 Å². The Bertz CT molecular complexity index is 601. The summed E-state index contributed by atoms with van der Waals surface area (Å²) in [7, 11) is 1.43. The van der Waals surface area contributed by atoms with Crippen LogP contribution < -0.4 is 4.74 Å². The molecule has 0 aliphatic rings. The van der Waals surface area contributed by atoms with Gasteiger partial charge in [-0.1, -0.05) is 6.92 Å². The van der Waals surface area contributed by atoms with Gasteiger partial charge in [0.1, 0.15) is 23.0 Å². The molecule has 3 nitrogen and oxygen atoms in total. The van der Waals surface area contributed by atoms with Crippen LogP contribution in [-0.2, 0) is 5.60 Å². The van der Waals surface area contributed by atoms with Gasteiger partial charge in [0.25, 0.3) is 0 Å². The number of hydrogen-bond donors (Lipinski definition) is 1. The average molecular weight is 279 g/mol. The highest BCUT2D eigenvalue weighted by molar-refractivity contribution is 5.37. The fourth-order valence-corrected chi connectivity index (χ4v) is 2.09. The van der Waals surface area contributed by atoms with Gasteiger partial charge in [0, 0.05) is 11.6 Å². The first-order valence-corrected chi connectivity index (χ1v) is 6.19.